The van der Waals surface area contributed by atoms with E-state index in [1.54, 1.807) is 0 Å². The summed E-state index contributed by atoms with van der Waals surface area (Å²) in [6.07, 6.45) is 14.0. The Morgan fingerprint density at radius 2 is 1.54 bits per heavy atom. The minimum absolute atomic E-state index is 0.0293. The molecular formula is C48H74N2O4. The van der Waals surface area contributed by atoms with Crippen molar-refractivity contribution >= 4 is 17.6 Å². The molecule has 6 fully saturated rings. The third-order valence-corrected chi connectivity index (χ3v) is 18.1. The van der Waals surface area contributed by atoms with Crippen LogP contribution in [0.25, 0.3) is 0 Å². The fourth-order valence-corrected chi connectivity index (χ4v) is 15.2. The number of carbonyl (C=O) groups is 2. The topological polar surface area (TPSA) is 70.1 Å². The van der Waals surface area contributed by atoms with Crippen molar-refractivity contribution in [1.82, 2.24) is 4.90 Å². The van der Waals surface area contributed by atoms with Crippen LogP contribution in [0.1, 0.15) is 139 Å². The third kappa shape index (κ3) is 6.68. The van der Waals surface area contributed by atoms with Crippen LogP contribution in [0.4, 0.5) is 5.69 Å². The number of aliphatic carboxylic acids is 1. The summed E-state index contributed by atoms with van der Waals surface area (Å²) in [4.78, 5) is 30.1. The van der Waals surface area contributed by atoms with Crippen LogP contribution >= 0.6 is 0 Å². The highest BCUT2D eigenvalue weighted by atomic mass is 16.5. The first kappa shape index (κ1) is 39.9. The van der Waals surface area contributed by atoms with Gasteiger partial charge in [-0.3, -0.25) is 14.5 Å². The third-order valence-electron chi connectivity index (χ3n) is 18.1. The Morgan fingerprint density at radius 1 is 0.833 bits per heavy atom. The summed E-state index contributed by atoms with van der Waals surface area (Å²) in [5, 5.41) is 9.38. The number of nitrogens with zero attached hydrogens (tertiary/aromatic N) is 2. The summed E-state index contributed by atoms with van der Waals surface area (Å²) in [6, 6.07) is 11.0. The molecule has 1 aromatic carbocycles. The maximum Gasteiger partial charge on any atom is 0.306 e. The molecule has 1 N–H and O–H groups in total. The Labute approximate surface area is 328 Å². The van der Waals surface area contributed by atoms with E-state index in [9.17, 15) is 14.7 Å². The van der Waals surface area contributed by atoms with E-state index in [4.69, 9.17) is 4.74 Å². The van der Waals surface area contributed by atoms with E-state index in [0.717, 1.165) is 37.8 Å². The van der Waals surface area contributed by atoms with E-state index in [2.05, 4.69) is 88.3 Å². The van der Waals surface area contributed by atoms with Crippen LogP contribution < -0.4 is 4.90 Å². The quantitative estimate of drug-likeness (QED) is 0.190. The highest BCUT2D eigenvalue weighted by Crippen LogP contribution is 2.78. The molecule has 6 aliphatic rings. The summed E-state index contributed by atoms with van der Waals surface area (Å²) < 4.78 is 6.32. The van der Waals surface area contributed by atoms with Crippen LogP contribution in [0.15, 0.2) is 42.5 Å². The number of rotatable bonds is 10. The molecule has 6 nitrogen and oxygen atoms in total. The average Bonchev–Trinajstić information content (AvgIpc) is 3.49. The van der Waals surface area contributed by atoms with Crippen LogP contribution in [0, 0.1) is 62.1 Å². The van der Waals surface area contributed by atoms with Gasteiger partial charge in [-0.2, -0.15) is 0 Å². The maximum atomic E-state index is 13.3. The highest BCUT2D eigenvalue weighted by Gasteiger charge is 2.71. The second-order valence-corrected chi connectivity index (χ2v) is 21.7. The van der Waals surface area contributed by atoms with Gasteiger partial charge >= 0.3 is 11.9 Å². The smallest absolute Gasteiger partial charge is 0.306 e. The van der Waals surface area contributed by atoms with E-state index in [1.807, 2.05) is 13.8 Å². The summed E-state index contributed by atoms with van der Waals surface area (Å²) in [5.41, 5.74) is 3.34. The molecular weight excluding hydrogens is 669 g/mol. The number of para-hydroxylation sites is 1. The fourth-order valence-electron chi connectivity index (χ4n) is 15.2. The van der Waals surface area contributed by atoms with Gasteiger partial charge in [-0.1, -0.05) is 78.8 Å². The Bertz CT molecular complexity index is 1560. The first-order valence-electron chi connectivity index (χ1n) is 21.9. The zero-order valence-corrected chi connectivity index (χ0v) is 35.4. The molecule has 54 heavy (non-hydrogen) atoms. The van der Waals surface area contributed by atoms with Crippen molar-refractivity contribution in [1.29, 1.82) is 0 Å². The second-order valence-electron chi connectivity index (χ2n) is 21.7. The lowest BCUT2D eigenvalue weighted by atomic mass is 9.32. The van der Waals surface area contributed by atoms with Crippen molar-refractivity contribution in [3.63, 3.8) is 0 Å². The molecule has 6 heteroatoms. The Balaban J connectivity index is 1.06. The Kier molecular flexibility index (Phi) is 10.5. The molecule has 0 unspecified atom stereocenters. The van der Waals surface area contributed by atoms with Gasteiger partial charge in [0.1, 0.15) is 6.10 Å². The van der Waals surface area contributed by atoms with Crippen molar-refractivity contribution in [3.8, 4) is 0 Å². The second kappa shape index (κ2) is 14.2. The Hall–Kier alpha value is -2.34. The summed E-state index contributed by atoms with van der Waals surface area (Å²) in [6.45, 7) is 29.4. The number of allylic oxidation sites excluding steroid dienone is 1. The molecule has 300 valence electrons. The number of hydrogen-bond donors (Lipinski definition) is 1. The molecule has 1 aromatic rings. The molecule has 1 aliphatic heterocycles. The molecule has 0 radical (unpaired) electrons. The SMILES string of the molecule is C=C(C)[C@@H]1CC[C@]2(CCN3CCN(c4ccccc4)CC3)CC[C@]3(C)[C@H](CC[C@@H]4[C@@]5(C)CC[C@H](OC(=O)CC(C)(C)CC(=O)O)C(C)(C)[C@@H]5CC[C@]43C)[C@@H]12. The van der Waals surface area contributed by atoms with E-state index < -0.39 is 11.4 Å². The van der Waals surface area contributed by atoms with Crippen LogP contribution in [0.3, 0.4) is 0 Å². The number of ether oxygens (including phenoxy) is 1. The van der Waals surface area contributed by atoms with Crippen LogP contribution in [0.5, 0.6) is 0 Å². The van der Waals surface area contributed by atoms with Crippen molar-refractivity contribution in [2.45, 2.75) is 145 Å². The van der Waals surface area contributed by atoms with Crippen molar-refractivity contribution in [3.05, 3.63) is 42.5 Å². The van der Waals surface area contributed by atoms with Gasteiger partial charge in [-0.05, 0) is 153 Å². The van der Waals surface area contributed by atoms with E-state index in [-0.39, 0.29) is 35.7 Å². The zero-order valence-electron chi connectivity index (χ0n) is 35.4. The van der Waals surface area contributed by atoms with Crippen molar-refractivity contribution in [2.24, 2.45) is 62.1 Å². The highest BCUT2D eigenvalue weighted by molar-refractivity contribution is 5.73. The average molecular weight is 743 g/mol. The van der Waals surface area contributed by atoms with Crippen LogP contribution in [0.2, 0.25) is 0 Å². The van der Waals surface area contributed by atoms with E-state index in [0.29, 0.717) is 34.0 Å². The molecule has 0 spiro atoms. The van der Waals surface area contributed by atoms with Crippen LogP contribution in [-0.4, -0.2) is 60.8 Å². The molecule has 0 amide bonds. The van der Waals surface area contributed by atoms with Crippen LogP contribution in [-0.2, 0) is 14.3 Å². The molecule has 1 saturated heterocycles. The predicted molar refractivity (Wildman–Crippen MR) is 219 cm³/mol. The molecule has 5 aliphatic carbocycles. The number of fused-ring (bicyclic) bond motifs is 7. The number of benzene rings is 1. The van der Waals surface area contributed by atoms with Gasteiger partial charge in [0.05, 0.1) is 12.8 Å². The van der Waals surface area contributed by atoms with Gasteiger partial charge in [-0.25, -0.2) is 0 Å². The summed E-state index contributed by atoms with van der Waals surface area (Å²) >= 11 is 0. The summed E-state index contributed by atoms with van der Waals surface area (Å²) in [7, 11) is 0. The number of carboxylic acids is 1. The van der Waals surface area contributed by atoms with Gasteiger partial charge in [0.15, 0.2) is 0 Å². The van der Waals surface area contributed by atoms with Gasteiger partial charge in [0, 0.05) is 37.3 Å². The molecule has 5 saturated carbocycles. The van der Waals surface area contributed by atoms with Gasteiger partial charge in [0.2, 0.25) is 0 Å². The van der Waals surface area contributed by atoms with Gasteiger partial charge in [-0.15, -0.1) is 0 Å². The lowest BCUT2D eigenvalue weighted by Crippen LogP contribution is -2.66. The largest absolute Gasteiger partial charge is 0.481 e. The molecule has 7 rings (SSSR count). The van der Waals surface area contributed by atoms with E-state index in [1.165, 1.54) is 88.7 Å². The lowest BCUT2D eigenvalue weighted by Gasteiger charge is -2.73. The number of anilines is 1. The molecule has 0 aromatic heterocycles. The minimum atomic E-state index is -0.865. The van der Waals surface area contributed by atoms with E-state index >= 15 is 0 Å². The number of carbonyl (C=O) groups excluding carboxylic acids is 1. The number of hydrogen-bond acceptors (Lipinski definition) is 5. The van der Waals surface area contributed by atoms with Crippen molar-refractivity contribution < 1.29 is 19.4 Å². The van der Waals surface area contributed by atoms with Gasteiger partial charge < -0.3 is 14.7 Å². The Morgan fingerprint density at radius 3 is 2.20 bits per heavy atom. The first-order valence-corrected chi connectivity index (χ1v) is 21.9. The predicted octanol–water partition coefficient (Wildman–Crippen LogP) is 10.7. The summed E-state index contributed by atoms with van der Waals surface area (Å²) in [5.74, 6) is 2.23. The van der Waals surface area contributed by atoms with Gasteiger partial charge in [0.25, 0.3) is 0 Å². The van der Waals surface area contributed by atoms with Crippen molar-refractivity contribution in [2.75, 3.05) is 37.6 Å². The molecule has 1 heterocycles. The number of piperazine rings is 1. The zero-order chi connectivity index (χ0) is 38.9. The normalized spacial score (nSPS) is 40.5. The number of carboxylic acid groups (broad SMARTS) is 1. The molecule has 0 bridgehead atoms. The monoisotopic (exact) mass is 743 g/mol. The lowest BCUT2D eigenvalue weighted by molar-refractivity contribution is -0.250. The maximum absolute atomic E-state index is 13.3. The fraction of sp³-hybridized carbons (Fsp3) is 0.792. The molecule has 10 atom stereocenters. The minimum Gasteiger partial charge on any atom is -0.481 e. The standard InChI is InChI=1S/C48H74N2O4/c1-33(2)35-17-22-48(25-26-49-27-29-50(30-28-49)34-13-11-10-12-14-34)24-23-46(8)36(42(35)48)15-16-38-45(7)20-19-39(44(5,6)37(45)18-21-47(38,46)9)54-41(53)32-43(3,4)31-40(51)52/h10-14,35-39,42H,1,15-32H2,2-9H3,(H,51,52)/t35-,36+,37-,38+,39-,42+,45-,46+,47+,48+/m0/s1. The first-order chi connectivity index (χ1) is 25.4. The number of esters is 1.